The zero-order chi connectivity index (χ0) is 16.2. The van der Waals surface area contributed by atoms with Crippen LogP contribution in [0, 0.1) is 5.92 Å². The van der Waals surface area contributed by atoms with Crippen LogP contribution in [0.3, 0.4) is 0 Å². The second-order valence-corrected chi connectivity index (χ2v) is 9.10. The van der Waals surface area contributed by atoms with E-state index in [1.807, 2.05) is 0 Å². The Hall–Kier alpha value is -0.830. The lowest BCUT2D eigenvalue weighted by Crippen LogP contribution is -2.43. The monoisotopic (exact) mass is 364 g/mol. The van der Waals surface area contributed by atoms with Gasteiger partial charge in [0.15, 0.2) is 5.96 Å². The third-order valence-electron chi connectivity index (χ3n) is 3.47. The van der Waals surface area contributed by atoms with Crippen LogP contribution in [0.15, 0.2) is 21.3 Å². The van der Waals surface area contributed by atoms with Gasteiger partial charge in [0.1, 0.15) is 4.21 Å². The van der Waals surface area contributed by atoms with E-state index in [1.165, 1.54) is 12.5 Å². The van der Waals surface area contributed by atoms with Gasteiger partial charge in [0, 0.05) is 19.6 Å². The van der Waals surface area contributed by atoms with Gasteiger partial charge in [0.25, 0.3) is 0 Å². The lowest BCUT2D eigenvalue weighted by atomic mass is 10.0. The number of aliphatic imine (C=N–C) groups is 1. The van der Waals surface area contributed by atoms with Gasteiger partial charge < -0.3 is 10.6 Å². The number of nitrogens with one attached hydrogen (secondary N) is 1. The van der Waals surface area contributed by atoms with Crippen LogP contribution in [-0.4, -0.2) is 45.5 Å². The van der Waals surface area contributed by atoms with Crippen LogP contribution in [0.1, 0.15) is 19.8 Å². The van der Waals surface area contributed by atoms with Crippen molar-refractivity contribution < 1.29 is 8.42 Å². The smallest absolute Gasteiger partial charge is 0.250 e. The van der Waals surface area contributed by atoms with Gasteiger partial charge in [0.05, 0.1) is 10.9 Å². The minimum atomic E-state index is -3.51. The standard InChI is InChI=1S/C13H21ClN4O2S2/c1-10-3-2-8-18(9-10)13(15)16-6-7-17-22(19,20)12-5-4-11(14)21-12/h4-5,10,17H,2-3,6-9H2,1H3,(H2,15,16). The van der Waals surface area contributed by atoms with Crippen molar-refractivity contribution in [1.82, 2.24) is 9.62 Å². The summed E-state index contributed by atoms with van der Waals surface area (Å²) in [7, 11) is -3.51. The molecule has 1 unspecified atom stereocenters. The molecule has 1 atom stereocenters. The summed E-state index contributed by atoms with van der Waals surface area (Å²) >= 11 is 6.78. The first-order chi connectivity index (χ1) is 10.4. The molecular weight excluding hydrogens is 344 g/mol. The highest BCUT2D eigenvalue weighted by Gasteiger charge is 2.18. The summed E-state index contributed by atoms with van der Waals surface area (Å²) in [6, 6.07) is 3.05. The first-order valence-corrected chi connectivity index (χ1v) is 9.86. The average molecular weight is 365 g/mol. The Labute approximate surface area is 140 Å². The number of guanidine groups is 1. The van der Waals surface area contributed by atoms with E-state index in [1.54, 1.807) is 6.07 Å². The van der Waals surface area contributed by atoms with Gasteiger partial charge in [-0.1, -0.05) is 18.5 Å². The number of nitrogens with zero attached hydrogens (tertiary/aromatic N) is 2. The Kier molecular flexibility index (Phi) is 6.08. The molecule has 0 amide bonds. The highest BCUT2D eigenvalue weighted by Crippen LogP contribution is 2.25. The molecule has 1 aliphatic heterocycles. The molecule has 2 rings (SSSR count). The van der Waals surface area contributed by atoms with Gasteiger partial charge in [-0.05, 0) is 30.9 Å². The van der Waals surface area contributed by atoms with Gasteiger partial charge in [-0.25, -0.2) is 13.1 Å². The van der Waals surface area contributed by atoms with Gasteiger partial charge in [-0.15, -0.1) is 11.3 Å². The van der Waals surface area contributed by atoms with Crippen LogP contribution in [-0.2, 0) is 10.0 Å². The minimum absolute atomic E-state index is 0.208. The van der Waals surface area contributed by atoms with Crippen LogP contribution in [0.2, 0.25) is 4.34 Å². The molecule has 0 aliphatic carbocycles. The van der Waals surface area contributed by atoms with Crippen molar-refractivity contribution in [1.29, 1.82) is 0 Å². The van der Waals surface area contributed by atoms with Crippen molar-refractivity contribution in [3.05, 3.63) is 16.5 Å². The maximum absolute atomic E-state index is 12.0. The Balaban J connectivity index is 1.82. The third kappa shape index (κ3) is 4.84. The Bertz CT molecular complexity index is 630. The molecule has 1 saturated heterocycles. The Morgan fingerprint density at radius 2 is 2.36 bits per heavy atom. The number of hydrogen-bond acceptors (Lipinski definition) is 4. The van der Waals surface area contributed by atoms with Crippen molar-refractivity contribution in [2.75, 3.05) is 26.2 Å². The molecule has 124 valence electrons. The topological polar surface area (TPSA) is 87.8 Å². The van der Waals surface area contributed by atoms with Crippen molar-refractivity contribution in [2.24, 2.45) is 16.6 Å². The molecule has 0 bridgehead atoms. The van der Waals surface area contributed by atoms with E-state index in [4.69, 9.17) is 17.3 Å². The predicted molar refractivity (Wildman–Crippen MR) is 91.0 cm³/mol. The molecule has 0 aromatic carbocycles. The molecule has 9 heteroatoms. The average Bonchev–Trinajstić information content (AvgIpc) is 2.91. The molecule has 0 spiro atoms. The van der Waals surface area contributed by atoms with Crippen LogP contribution >= 0.6 is 22.9 Å². The highest BCUT2D eigenvalue weighted by atomic mass is 35.5. The molecule has 0 radical (unpaired) electrons. The Morgan fingerprint density at radius 3 is 3.00 bits per heavy atom. The van der Waals surface area contributed by atoms with Crippen molar-refractivity contribution in [3.63, 3.8) is 0 Å². The third-order valence-corrected chi connectivity index (χ3v) is 6.66. The number of rotatable bonds is 5. The summed E-state index contributed by atoms with van der Waals surface area (Å²) in [5.41, 5.74) is 5.96. The largest absolute Gasteiger partial charge is 0.370 e. The summed E-state index contributed by atoms with van der Waals surface area (Å²) in [5, 5.41) is 0. The number of thiophene rings is 1. The Morgan fingerprint density at radius 1 is 1.59 bits per heavy atom. The number of sulfonamides is 1. The molecule has 1 aliphatic rings. The first kappa shape index (κ1) is 17.5. The summed E-state index contributed by atoms with van der Waals surface area (Å²) in [6.45, 7) is 4.55. The van der Waals surface area contributed by atoms with E-state index < -0.39 is 10.0 Å². The fourth-order valence-electron chi connectivity index (χ4n) is 2.36. The molecule has 1 fully saturated rings. The fourth-order valence-corrected chi connectivity index (χ4v) is 4.91. The van der Waals surface area contributed by atoms with Gasteiger partial charge in [-0.3, -0.25) is 4.99 Å². The van der Waals surface area contributed by atoms with Crippen molar-refractivity contribution in [2.45, 2.75) is 24.0 Å². The number of halogens is 1. The number of likely N-dealkylation sites (tertiary alicyclic amines) is 1. The van der Waals surface area contributed by atoms with E-state index in [0.717, 1.165) is 30.8 Å². The minimum Gasteiger partial charge on any atom is -0.370 e. The van der Waals surface area contributed by atoms with E-state index in [0.29, 0.717) is 22.8 Å². The maximum Gasteiger partial charge on any atom is 0.250 e. The van der Waals surface area contributed by atoms with Crippen LogP contribution in [0.25, 0.3) is 0 Å². The van der Waals surface area contributed by atoms with Gasteiger partial charge in [0.2, 0.25) is 10.0 Å². The zero-order valence-corrected chi connectivity index (χ0v) is 14.8. The lowest BCUT2D eigenvalue weighted by molar-refractivity contribution is 0.270. The van der Waals surface area contributed by atoms with Crippen LogP contribution in [0.4, 0.5) is 0 Å². The number of hydrogen-bond donors (Lipinski definition) is 2. The number of piperidine rings is 1. The first-order valence-electron chi connectivity index (χ1n) is 7.18. The molecule has 3 N–H and O–H groups in total. The van der Waals surface area contributed by atoms with Gasteiger partial charge >= 0.3 is 0 Å². The van der Waals surface area contributed by atoms with E-state index in [2.05, 4.69) is 21.5 Å². The van der Waals surface area contributed by atoms with E-state index in [-0.39, 0.29) is 10.8 Å². The molecule has 6 nitrogen and oxygen atoms in total. The molecule has 1 aromatic heterocycles. The lowest BCUT2D eigenvalue weighted by Gasteiger charge is -2.31. The summed E-state index contributed by atoms with van der Waals surface area (Å²) in [5.74, 6) is 1.11. The number of nitrogens with two attached hydrogens (primary N) is 1. The van der Waals surface area contributed by atoms with Crippen LogP contribution < -0.4 is 10.5 Å². The maximum atomic E-state index is 12.0. The van der Waals surface area contributed by atoms with E-state index >= 15 is 0 Å². The molecule has 1 aromatic rings. The second-order valence-electron chi connectivity index (χ2n) is 5.39. The van der Waals surface area contributed by atoms with Crippen LogP contribution in [0.5, 0.6) is 0 Å². The predicted octanol–water partition coefficient (Wildman–Crippen LogP) is 1.73. The van der Waals surface area contributed by atoms with Crippen molar-refractivity contribution in [3.8, 4) is 0 Å². The molecular formula is C13H21ClN4O2S2. The fraction of sp³-hybridized carbons (Fsp3) is 0.615. The van der Waals surface area contributed by atoms with E-state index in [9.17, 15) is 8.42 Å². The highest BCUT2D eigenvalue weighted by molar-refractivity contribution is 7.91. The summed E-state index contributed by atoms with van der Waals surface area (Å²) < 4.78 is 27.1. The summed E-state index contributed by atoms with van der Waals surface area (Å²) in [6.07, 6.45) is 2.33. The molecule has 0 saturated carbocycles. The molecule has 2 heterocycles. The quantitative estimate of drug-likeness (QED) is 0.473. The zero-order valence-electron chi connectivity index (χ0n) is 12.5. The van der Waals surface area contributed by atoms with Crippen molar-refractivity contribution >= 4 is 38.9 Å². The SMILES string of the molecule is CC1CCCN(C(N)=NCCNS(=O)(=O)c2ccc(Cl)s2)C1. The molecule has 22 heavy (non-hydrogen) atoms. The second kappa shape index (κ2) is 7.63. The normalized spacial score (nSPS) is 20.4. The summed E-state index contributed by atoms with van der Waals surface area (Å²) in [4.78, 5) is 6.31. The van der Waals surface area contributed by atoms with Gasteiger partial charge in [-0.2, -0.15) is 0 Å².